The Kier molecular flexibility index (Phi) is 7.20. The lowest BCUT2D eigenvalue weighted by Crippen LogP contribution is -2.24. The van der Waals surface area contributed by atoms with Crippen LogP contribution in [-0.2, 0) is 4.79 Å². The number of rotatable bonds is 7. The summed E-state index contributed by atoms with van der Waals surface area (Å²) < 4.78 is 6.38. The summed E-state index contributed by atoms with van der Waals surface area (Å²) in [7, 11) is 0. The van der Waals surface area contributed by atoms with E-state index in [4.69, 9.17) is 4.74 Å². The molecule has 0 fully saturated rings. The van der Waals surface area contributed by atoms with Gasteiger partial charge in [0.1, 0.15) is 0 Å². The fraction of sp³-hybridized carbons (Fsp3) is 0.250. The molecule has 6 nitrogen and oxygen atoms in total. The number of hydrogen-bond donors (Lipinski definition) is 1. The van der Waals surface area contributed by atoms with Crippen LogP contribution in [0.25, 0.3) is 0 Å². The van der Waals surface area contributed by atoms with Crippen LogP contribution in [0.3, 0.4) is 0 Å². The molecule has 0 bridgehead atoms. The molecule has 1 aromatic carbocycles. The first-order chi connectivity index (χ1) is 11.6. The molecule has 0 spiro atoms. The SMILES string of the molecule is CCSc1nc(C)cc(OCC(=O)NN=Cc2ccc(Br)cc2)n1. The van der Waals surface area contributed by atoms with Crippen LogP contribution in [-0.4, -0.2) is 34.4 Å². The standard InChI is InChI=1S/C16H17BrN4O2S/c1-3-24-16-19-11(2)8-15(20-16)23-10-14(22)21-18-9-12-4-6-13(17)7-5-12/h4-9H,3,10H2,1-2H3,(H,21,22). The van der Waals surface area contributed by atoms with Crippen molar-refractivity contribution in [1.82, 2.24) is 15.4 Å². The third-order valence-corrected chi connectivity index (χ3v) is 3.97. The van der Waals surface area contributed by atoms with E-state index in [1.54, 1.807) is 12.3 Å². The number of carbonyl (C=O) groups excluding carboxylic acids is 1. The van der Waals surface area contributed by atoms with Gasteiger partial charge in [-0.2, -0.15) is 10.1 Å². The third-order valence-electron chi connectivity index (χ3n) is 2.71. The minimum Gasteiger partial charge on any atom is -0.467 e. The summed E-state index contributed by atoms with van der Waals surface area (Å²) in [5.74, 6) is 0.892. The molecule has 1 amide bonds. The molecule has 2 aromatic rings. The quantitative estimate of drug-likeness (QED) is 0.329. The number of hydrazone groups is 1. The fourth-order valence-corrected chi connectivity index (χ4v) is 2.57. The fourth-order valence-electron chi connectivity index (χ4n) is 1.68. The summed E-state index contributed by atoms with van der Waals surface area (Å²) in [4.78, 5) is 20.3. The van der Waals surface area contributed by atoms with Crippen LogP contribution >= 0.6 is 27.7 Å². The van der Waals surface area contributed by atoms with E-state index in [0.29, 0.717) is 11.0 Å². The second-order valence-electron chi connectivity index (χ2n) is 4.70. The number of aromatic nitrogens is 2. The summed E-state index contributed by atoms with van der Waals surface area (Å²) in [6.07, 6.45) is 1.56. The largest absolute Gasteiger partial charge is 0.467 e. The highest BCUT2D eigenvalue weighted by Gasteiger charge is 2.06. The van der Waals surface area contributed by atoms with Crippen molar-refractivity contribution < 1.29 is 9.53 Å². The normalized spacial score (nSPS) is 10.8. The molecule has 0 saturated carbocycles. The van der Waals surface area contributed by atoms with Gasteiger partial charge in [-0.25, -0.2) is 10.4 Å². The minimum atomic E-state index is -0.357. The Morgan fingerprint density at radius 3 is 2.83 bits per heavy atom. The Labute approximate surface area is 153 Å². The van der Waals surface area contributed by atoms with Crippen LogP contribution in [0.15, 0.2) is 45.1 Å². The van der Waals surface area contributed by atoms with Gasteiger partial charge in [-0.05, 0) is 30.4 Å². The number of benzene rings is 1. The first-order valence-electron chi connectivity index (χ1n) is 7.25. The van der Waals surface area contributed by atoms with Crippen molar-refractivity contribution in [3.8, 4) is 5.88 Å². The topological polar surface area (TPSA) is 76.5 Å². The van der Waals surface area contributed by atoms with Gasteiger partial charge in [0.2, 0.25) is 5.88 Å². The van der Waals surface area contributed by atoms with Gasteiger partial charge in [0.25, 0.3) is 5.91 Å². The monoisotopic (exact) mass is 408 g/mol. The number of ether oxygens (including phenoxy) is 1. The molecule has 24 heavy (non-hydrogen) atoms. The second kappa shape index (κ2) is 9.39. The van der Waals surface area contributed by atoms with Crippen molar-refractivity contribution in [3.05, 3.63) is 46.1 Å². The summed E-state index contributed by atoms with van der Waals surface area (Å²) in [6.45, 7) is 3.72. The number of nitrogens with one attached hydrogen (secondary N) is 1. The molecule has 0 aliphatic carbocycles. The van der Waals surface area contributed by atoms with Crippen molar-refractivity contribution in [2.24, 2.45) is 5.10 Å². The van der Waals surface area contributed by atoms with Crippen molar-refractivity contribution in [2.45, 2.75) is 19.0 Å². The van der Waals surface area contributed by atoms with E-state index < -0.39 is 0 Å². The Hall–Kier alpha value is -1.93. The number of thioether (sulfide) groups is 1. The zero-order valence-electron chi connectivity index (χ0n) is 13.3. The zero-order valence-corrected chi connectivity index (χ0v) is 15.7. The molecule has 0 aliphatic rings. The molecule has 1 N–H and O–H groups in total. The van der Waals surface area contributed by atoms with Gasteiger partial charge in [-0.1, -0.05) is 46.7 Å². The molecule has 1 aromatic heterocycles. The van der Waals surface area contributed by atoms with Crippen molar-refractivity contribution in [3.63, 3.8) is 0 Å². The van der Waals surface area contributed by atoms with Crippen LogP contribution in [0.5, 0.6) is 5.88 Å². The molecule has 0 unspecified atom stereocenters. The molecular formula is C16H17BrN4O2S. The predicted molar refractivity (Wildman–Crippen MR) is 98.5 cm³/mol. The zero-order chi connectivity index (χ0) is 17.4. The van der Waals surface area contributed by atoms with E-state index in [2.05, 4.69) is 36.4 Å². The van der Waals surface area contributed by atoms with E-state index in [1.807, 2.05) is 38.1 Å². The van der Waals surface area contributed by atoms with Crippen molar-refractivity contribution in [1.29, 1.82) is 0 Å². The minimum absolute atomic E-state index is 0.162. The maximum absolute atomic E-state index is 11.8. The number of hydrogen-bond acceptors (Lipinski definition) is 6. The number of nitrogens with zero attached hydrogens (tertiary/aromatic N) is 3. The molecule has 0 aliphatic heterocycles. The maximum atomic E-state index is 11.8. The van der Waals surface area contributed by atoms with Crippen molar-refractivity contribution in [2.75, 3.05) is 12.4 Å². The van der Waals surface area contributed by atoms with Gasteiger partial charge in [-0.3, -0.25) is 4.79 Å². The summed E-state index contributed by atoms with van der Waals surface area (Å²) in [5.41, 5.74) is 4.09. The Balaban J connectivity index is 1.83. The maximum Gasteiger partial charge on any atom is 0.278 e. The van der Waals surface area contributed by atoms with E-state index in [1.165, 1.54) is 11.8 Å². The Morgan fingerprint density at radius 1 is 1.38 bits per heavy atom. The summed E-state index contributed by atoms with van der Waals surface area (Å²) >= 11 is 4.88. The Morgan fingerprint density at radius 2 is 2.12 bits per heavy atom. The molecule has 8 heteroatoms. The van der Waals surface area contributed by atoms with Crippen molar-refractivity contribution >= 4 is 39.8 Å². The summed E-state index contributed by atoms with van der Waals surface area (Å²) in [6, 6.07) is 9.25. The molecule has 2 rings (SSSR count). The third kappa shape index (κ3) is 6.29. The van der Waals surface area contributed by atoms with Crippen LogP contribution in [0, 0.1) is 6.92 Å². The number of amides is 1. The highest BCUT2D eigenvalue weighted by molar-refractivity contribution is 9.10. The lowest BCUT2D eigenvalue weighted by atomic mass is 10.2. The van der Waals surface area contributed by atoms with E-state index in [0.717, 1.165) is 21.5 Å². The number of carbonyl (C=O) groups is 1. The molecular weight excluding hydrogens is 392 g/mol. The molecule has 126 valence electrons. The van der Waals surface area contributed by atoms with E-state index in [9.17, 15) is 4.79 Å². The lowest BCUT2D eigenvalue weighted by molar-refractivity contribution is -0.123. The van der Waals surface area contributed by atoms with Gasteiger partial charge in [-0.15, -0.1) is 0 Å². The average Bonchev–Trinajstić information content (AvgIpc) is 2.55. The van der Waals surface area contributed by atoms with Gasteiger partial charge in [0.15, 0.2) is 11.8 Å². The predicted octanol–water partition coefficient (Wildman–Crippen LogP) is 3.19. The van der Waals surface area contributed by atoms with Crippen LogP contribution in [0.2, 0.25) is 0 Å². The van der Waals surface area contributed by atoms with E-state index in [-0.39, 0.29) is 12.5 Å². The number of halogens is 1. The van der Waals surface area contributed by atoms with Gasteiger partial charge in [0.05, 0.1) is 6.21 Å². The smallest absolute Gasteiger partial charge is 0.278 e. The molecule has 0 saturated heterocycles. The average molecular weight is 409 g/mol. The van der Waals surface area contributed by atoms with Gasteiger partial charge < -0.3 is 4.74 Å². The van der Waals surface area contributed by atoms with Crippen LogP contribution in [0.1, 0.15) is 18.2 Å². The molecule has 0 atom stereocenters. The van der Waals surface area contributed by atoms with Gasteiger partial charge in [0, 0.05) is 16.2 Å². The van der Waals surface area contributed by atoms with Crippen LogP contribution < -0.4 is 10.2 Å². The highest BCUT2D eigenvalue weighted by Crippen LogP contribution is 2.17. The van der Waals surface area contributed by atoms with Crippen LogP contribution in [0.4, 0.5) is 0 Å². The summed E-state index contributed by atoms with van der Waals surface area (Å²) in [5, 5.41) is 4.53. The molecule has 1 heterocycles. The van der Waals surface area contributed by atoms with E-state index >= 15 is 0 Å². The first kappa shape index (κ1) is 18.4. The highest BCUT2D eigenvalue weighted by atomic mass is 79.9. The van der Waals surface area contributed by atoms with Gasteiger partial charge >= 0.3 is 0 Å². The number of aryl methyl sites for hydroxylation is 1. The molecule has 0 radical (unpaired) electrons. The Bertz CT molecular complexity index is 723. The first-order valence-corrected chi connectivity index (χ1v) is 9.03. The lowest BCUT2D eigenvalue weighted by Gasteiger charge is -2.06. The second-order valence-corrected chi connectivity index (χ2v) is 6.84.